The van der Waals surface area contributed by atoms with E-state index in [9.17, 15) is 5.11 Å². The Hall–Kier alpha value is -0.870. The minimum atomic E-state index is -0.243. The normalized spacial score (nSPS) is 13.2. The van der Waals surface area contributed by atoms with Crippen molar-refractivity contribution in [2.24, 2.45) is 0 Å². The fourth-order valence-corrected chi connectivity index (χ4v) is 0.901. The first-order valence-electron chi connectivity index (χ1n) is 4.20. The van der Waals surface area contributed by atoms with Gasteiger partial charge < -0.3 is 10.4 Å². The molecule has 1 unspecified atom stereocenters. The molecule has 4 nitrogen and oxygen atoms in total. The van der Waals surface area contributed by atoms with Crippen LogP contribution in [0.5, 0.6) is 0 Å². The van der Waals surface area contributed by atoms with Crippen molar-refractivity contribution < 1.29 is 5.11 Å². The number of aliphatic hydroxyl groups excluding tert-OH is 1. The van der Waals surface area contributed by atoms with Crippen molar-refractivity contribution in [3.05, 3.63) is 18.0 Å². The smallest absolute Gasteiger partial charge is 0.0662 e. The van der Waals surface area contributed by atoms with Crippen LogP contribution in [0.4, 0.5) is 0 Å². The van der Waals surface area contributed by atoms with E-state index in [1.807, 2.05) is 13.0 Å². The lowest BCUT2D eigenvalue weighted by atomic mass is 10.3. The van der Waals surface area contributed by atoms with Crippen LogP contribution in [-0.2, 0) is 6.54 Å². The molecule has 12 heavy (non-hydrogen) atoms. The molecule has 0 aliphatic rings. The molecule has 0 aromatic carbocycles. The summed E-state index contributed by atoms with van der Waals surface area (Å²) in [5, 5.41) is 19.0. The van der Waals surface area contributed by atoms with E-state index in [0.29, 0.717) is 6.54 Å². The van der Waals surface area contributed by atoms with Gasteiger partial charge in [-0.3, -0.25) is 5.10 Å². The first-order valence-corrected chi connectivity index (χ1v) is 4.20. The molecule has 0 saturated heterocycles. The highest BCUT2D eigenvalue weighted by molar-refractivity contribution is 4.96. The van der Waals surface area contributed by atoms with Gasteiger partial charge in [-0.15, -0.1) is 0 Å². The predicted molar refractivity (Wildman–Crippen MR) is 46.6 cm³/mol. The SMILES string of the molecule is CCC(O)CNCc1ccn[nH]1. The van der Waals surface area contributed by atoms with Crippen molar-refractivity contribution in [3.63, 3.8) is 0 Å². The van der Waals surface area contributed by atoms with Crippen LogP contribution in [0.3, 0.4) is 0 Å². The first-order chi connectivity index (χ1) is 5.83. The van der Waals surface area contributed by atoms with Crippen molar-refractivity contribution >= 4 is 0 Å². The number of hydrogen-bond donors (Lipinski definition) is 3. The van der Waals surface area contributed by atoms with E-state index in [0.717, 1.165) is 18.7 Å². The summed E-state index contributed by atoms with van der Waals surface area (Å²) in [6.45, 7) is 3.33. The minimum Gasteiger partial charge on any atom is -0.392 e. The number of nitrogens with zero attached hydrogens (tertiary/aromatic N) is 1. The number of hydrogen-bond acceptors (Lipinski definition) is 3. The molecule has 68 valence electrons. The van der Waals surface area contributed by atoms with Crippen molar-refractivity contribution in [1.82, 2.24) is 15.5 Å². The van der Waals surface area contributed by atoms with Gasteiger partial charge in [-0.2, -0.15) is 5.10 Å². The highest BCUT2D eigenvalue weighted by atomic mass is 16.3. The molecule has 0 aliphatic carbocycles. The third-order valence-electron chi connectivity index (χ3n) is 1.73. The molecule has 0 aliphatic heterocycles. The molecule has 1 atom stereocenters. The molecule has 1 heterocycles. The van der Waals surface area contributed by atoms with Gasteiger partial charge in [0.2, 0.25) is 0 Å². The molecule has 1 rings (SSSR count). The molecule has 0 amide bonds. The van der Waals surface area contributed by atoms with Crippen molar-refractivity contribution in [2.45, 2.75) is 26.0 Å². The molecule has 0 saturated carbocycles. The number of aromatic nitrogens is 2. The largest absolute Gasteiger partial charge is 0.392 e. The zero-order valence-corrected chi connectivity index (χ0v) is 7.25. The maximum absolute atomic E-state index is 9.20. The number of aliphatic hydroxyl groups is 1. The Kier molecular flexibility index (Phi) is 3.76. The van der Waals surface area contributed by atoms with Crippen LogP contribution < -0.4 is 5.32 Å². The van der Waals surface area contributed by atoms with Crippen molar-refractivity contribution in [2.75, 3.05) is 6.54 Å². The van der Waals surface area contributed by atoms with E-state index in [2.05, 4.69) is 15.5 Å². The van der Waals surface area contributed by atoms with Gasteiger partial charge in [-0.25, -0.2) is 0 Å². The molecule has 0 radical (unpaired) electrons. The molecule has 1 aromatic rings. The lowest BCUT2D eigenvalue weighted by Crippen LogP contribution is -2.25. The molecule has 1 aromatic heterocycles. The lowest BCUT2D eigenvalue weighted by Gasteiger charge is -2.07. The molecule has 0 bridgehead atoms. The molecule has 3 N–H and O–H groups in total. The van der Waals surface area contributed by atoms with Crippen LogP contribution in [0.2, 0.25) is 0 Å². The number of aromatic amines is 1. The highest BCUT2D eigenvalue weighted by Crippen LogP contribution is 1.91. The van der Waals surface area contributed by atoms with E-state index in [-0.39, 0.29) is 6.10 Å². The van der Waals surface area contributed by atoms with Crippen LogP contribution in [0.25, 0.3) is 0 Å². The zero-order valence-electron chi connectivity index (χ0n) is 7.25. The van der Waals surface area contributed by atoms with Crippen LogP contribution in [0, 0.1) is 0 Å². The fourth-order valence-electron chi connectivity index (χ4n) is 0.901. The number of rotatable bonds is 5. The summed E-state index contributed by atoms with van der Waals surface area (Å²) >= 11 is 0. The molecular weight excluding hydrogens is 154 g/mol. The Morgan fingerprint density at radius 1 is 1.75 bits per heavy atom. The first kappa shape index (κ1) is 9.22. The number of H-pyrrole nitrogens is 1. The summed E-state index contributed by atoms with van der Waals surface area (Å²) < 4.78 is 0. The van der Waals surface area contributed by atoms with Gasteiger partial charge >= 0.3 is 0 Å². The molecule has 0 spiro atoms. The second-order valence-electron chi connectivity index (χ2n) is 2.77. The second-order valence-corrected chi connectivity index (χ2v) is 2.77. The van der Waals surface area contributed by atoms with Crippen molar-refractivity contribution in [3.8, 4) is 0 Å². The molecule has 4 heteroatoms. The average molecular weight is 169 g/mol. The predicted octanol–water partition coefficient (Wildman–Crippen LogP) is 0.270. The maximum atomic E-state index is 9.20. The van der Waals surface area contributed by atoms with Crippen LogP contribution in [-0.4, -0.2) is 28.0 Å². The minimum absolute atomic E-state index is 0.243. The monoisotopic (exact) mass is 169 g/mol. The van der Waals surface area contributed by atoms with Gasteiger partial charge in [0, 0.05) is 25.0 Å². The molecular formula is C8H15N3O. The van der Waals surface area contributed by atoms with Gasteiger partial charge in [-0.05, 0) is 12.5 Å². The van der Waals surface area contributed by atoms with Gasteiger partial charge in [-0.1, -0.05) is 6.92 Å². The van der Waals surface area contributed by atoms with Gasteiger partial charge in [0.05, 0.1) is 6.10 Å². The third-order valence-corrected chi connectivity index (χ3v) is 1.73. The highest BCUT2D eigenvalue weighted by Gasteiger charge is 1.99. The van der Waals surface area contributed by atoms with Crippen LogP contribution >= 0.6 is 0 Å². The fraction of sp³-hybridized carbons (Fsp3) is 0.625. The summed E-state index contributed by atoms with van der Waals surface area (Å²) in [6.07, 6.45) is 2.26. The van der Waals surface area contributed by atoms with Crippen LogP contribution in [0.1, 0.15) is 19.0 Å². The standard InChI is InChI=1S/C8H15N3O/c1-2-8(12)6-9-5-7-3-4-10-11-7/h3-4,8-9,12H,2,5-6H2,1H3,(H,10,11). The topological polar surface area (TPSA) is 60.9 Å². The summed E-state index contributed by atoms with van der Waals surface area (Å²) in [6, 6.07) is 1.91. The summed E-state index contributed by atoms with van der Waals surface area (Å²) in [5.74, 6) is 0. The van der Waals surface area contributed by atoms with Gasteiger partial charge in [0.25, 0.3) is 0 Å². The zero-order chi connectivity index (χ0) is 8.81. The van der Waals surface area contributed by atoms with Gasteiger partial charge in [0.1, 0.15) is 0 Å². The third kappa shape index (κ3) is 3.02. The summed E-state index contributed by atoms with van der Waals surface area (Å²) in [7, 11) is 0. The summed E-state index contributed by atoms with van der Waals surface area (Å²) in [4.78, 5) is 0. The Balaban J connectivity index is 2.11. The molecule has 0 fully saturated rings. The maximum Gasteiger partial charge on any atom is 0.0662 e. The quantitative estimate of drug-likeness (QED) is 0.593. The van der Waals surface area contributed by atoms with Crippen LogP contribution in [0.15, 0.2) is 12.3 Å². The van der Waals surface area contributed by atoms with E-state index < -0.39 is 0 Å². The van der Waals surface area contributed by atoms with E-state index in [1.165, 1.54) is 0 Å². The van der Waals surface area contributed by atoms with E-state index in [1.54, 1.807) is 6.20 Å². The summed E-state index contributed by atoms with van der Waals surface area (Å²) in [5.41, 5.74) is 1.04. The van der Waals surface area contributed by atoms with Gasteiger partial charge in [0.15, 0.2) is 0 Å². The van der Waals surface area contributed by atoms with E-state index in [4.69, 9.17) is 0 Å². The number of nitrogens with one attached hydrogen (secondary N) is 2. The van der Waals surface area contributed by atoms with E-state index >= 15 is 0 Å². The Morgan fingerprint density at radius 2 is 2.58 bits per heavy atom. The average Bonchev–Trinajstić information content (AvgIpc) is 2.57. The Morgan fingerprint density at radius 3 is 3.17 bits per heavy atom. The Bertz CT molecular complexity index is 198. The second kappa shape index (κ2) is 4.90. The lowest BCUT2D eigenvalue weighted by molar-refractivity contribution is 0.167. The Labute approximate surface area is 72.0 Å². The van der Waals surface area contributed by atoms with Crippen molar-refractivity contribution in [1.29, 1.82) is 0 Å².